The van der Waals surface area contributed by atoms with Gasteiger partial charge < -0.3 is 63.5 Å². The van der Waals surface area contributed by atoms with Crippen LogP contribution in [0, 0.1) is 6.92 Å². The van der Waals surface area contributed by atoms with E-state index in [1.54, 1.807) is 0 Å². The number of H-pyrrole nitrogens is 3. The van der Waals surface area contributed by atoms with Crippen LogP contribution in [0.1, 0.15) is 71.7 Å². The normalized spacial score (nSPS) is 12.7. The number of benzene rings is 7. The lowest BCUT2D eigenvalue weighted by molar-refractivity contribution is 0.313. The minimum atomic E-state index is 0.628. The van der Waals surface area contributed by atoms with E-state index in [0.717, 1.165) is 95.7 Å². The first-order valence-electron chi connectivity index (χ1n) is 28.6. The number of rotatable bonds is 12. The molecule has 82 heavy (non-hydrogen) atoms. The number of para-hydroxylation sites is 3. The van der Waals surface area contributed by atoms with Crippen molar-refractivity contribution in [2.75, 3.05) is 85.2 Å². The molecule has 0 saturated heterocycles. The monoisotopic (exact) mass is 1090 g/mol. The standard InChI is InChI=1S/C20H21N3O.C19H20N4.C17H15N3.C10H15N.C4H8/c21-10-4-12-24-15-6-3-5-14(13-15)16-9-11-22-20-19(16)17-7-1-2-8-18(17)23-20;20-9-11-21-14-5-3-4-13(12-14)15-8-10-22-19-18(15)16-6-1-2-7-17(16)23-19;18-12-5-3-4-11(10-12)13-8-9-19-17-16(13)14-6-1-2-7-15(14)20-17;1-4-9-6-5-8(2)7-10(9)11-3;1-3-4-2/h1-3,5-9,13,22-23H,4,10-12,21H2;1-8,12,21-23H,9-11,20H2;1-8,10,19-20H,9,18H2;5-7,11H,4H2,1-3H3;3-4H,1-2H3/b;;;;4-3-. The van der Waals surface area contributed by atoms with Gasteiger partial charge >= 0.3 is 0 Å². The number of hydrogen-bond acceptors (Lipinski definition) is 9. The SMILES string of the molecule is C/C=C\C.CCc1ccc(C)cc1NC.NCCCOc1cccc(C2=CCNc3[nH]c4ccccc4c32)c1.NCCNc1cccc(C2=CCNc3[nH]c4ccccc4c32)c1.Nc1cccc(C2=CCNc3[nH]c4ccccc4c32)c1. The largest absolute Gasteiger partial charge is 0.494 e. The van der Waals surface area contributed by atoms with Gasteiger partial charge in [-0.05, 0) is 145 Å². The second-order valence-corrected chi connectivity index (χ2v) is 20.1. The minimum Gasteiger partial charge on any atom is -0.494 e. The molecule has 0 amide bonds. The Kier molecular flexibility index (Phi) is 19.7. The van der Waals surface area contributed by atoms with Crippen LogP contribution in [0.3, 0.4) is 0 Å². The average molecular weight is 1090 g/mol. The second-order valence-electron chi connectivity index (χ2n) is 20.1. The Labute approximate surface area is 483 Å². The molecule has 10 aromatic rings. The smallest absolute Gasteiger partial charge is 0.119 e. The summed E-state index contributed by atoms with van der Waals surface area (Å²) in [7, 11) is 1.97. The number of anilines is 6. The van der Waals surface area contributed by atoms with E-state index in [1.165, 1.54) is 77.5 Å². The van der Waals surface area contributed by atoms with E-state index >= 15 is 0 Å². The molecule has 3 aliphatic rings. The van der Waals surface area contributed by atoms with Gasteiger partial charge in [-0.15, -0.1) is 0 Å². The summed E-state index contributed by atoms with van der Waals surface area (Å²) in [5.74, 6) is 4.17. The maximum absolute atomic E-state index is 5.92. The second kappa shape index (κ2) is 28.2. The highest BCUT2D eigenvalue weighted by molar-refractivity contribution is 6.06. The van der Waals surface area contributed by atoms with E-state index in [9.17, 15) is 0 Å². The lowest BCUT2D eigenvalue weighted by atomic mass is 9.94. The highest BCUT2D eigenvalue weighted by Crippen LogP contribution is 2.41. The molecule has 6 heterocycles. The Balaban J connectivity index is 0.000000132. The van der Waals surface area contributed by atoms with Crippen molar-refractivity contribution in [1.29, 1.82) is 0 Å². The molecule has 3 aromatic heterocycles. The predicted molar refractivity (Wildman–Crippen MR) is 353 cm³/mol. The van der Waals surface area contributed by atoms with Crippen LogP contribution in [0.15, 0.2) is 194 Å². The summed E-state index contributed by atoms with van der Waals surface area (Å²) in [5.41, 5.74) is 37.4. The van der Waals surface area contributed by atoms with E-state index in [0.29, 0.717) is 19.7 Å². The number of aromatic amines is 3. The Bertz CT molecular complexity index is 3870. The van der Waals surface area contributed by atoms with Crippen LogP contribution >= 0.6 is 0 Å². The summed E-state index contributed by atoms with van der Waals surface area (Å²) in [4.78, 5) is 10.4. The van der Waals surface area contributed by atoms with Crippen LogP contribution < -0.4 is 48.5 Å². The van der Waals surface area contributed by atoms with E-state index in [1.807, 2.05) is 69.4 Å². The van der Waals surface area contributed by atoms with Crippen molar-refractivity contribution >= 4 is 83.9 Å². The number of nitrogens with one attached hydrogen (secondary N) is 8. The van der Waals surface area contributed by atoms with Gasteiger partial charge in [-0.25, -0.2) is 0 Å². The third-order valence-corrected chi connectivity index (χ3v) is 14.5. The average Bonchev–Trinajstić information content (AvgIpc) is 4.33. The summed E-state index contributed by atoms with van der Waals surface area (Å²) in [6, 6.07) is 56.6. The molecule has 13 rings (SSSR count). The molecule has 0 spiro atoms. The van der Waals surface area contributed by atoms with Gasteiger partial charge in [0.05, 0.1) is 6.61 Å². The first kappa shape index (κ1) is 57.3. The first-order chi connectivity index (χ1) is 40.2. The van der Waals surface area contributed by atoms with Crippen LogP contribution in [0.2, 0.25) is 0 Å². The number of fused-ring (bicyclic) bond motifs is 9. The highest BCUT2D eigenvalue weighted by Gasteiger charge is 2.22. The fourth-order valence-corrected chi connectivity index (χ4v) is 10.5. The molecule has 0 aliphatic carbocycles. The van der Waals surface area contributed by atoms with Gasteiger partial charge in [-0.2, -0.15) is 0 Å². The van der Waals surface area contributed by atoms with Crippen LogP contribution in [0.5, 0.6) is 5.75 Å². The molecule has 12 heteroatoms. The van der Waals surface area contributed by atoms with Crippen LogP contribution in [0.25, 0.3) is 49.4 Å². The Morgan fingerprint density at radius 2 is 1.02 bits per heavy atom. The molecule has 3 aliphatic heterocycles. The van der Waals surface area contributed by atoms with Gasteiger partial charge in [0.15, 0.2) is 0 Å². The summed E-state index contributed by atoms with van der Waals surface area (Å²) >= 11 is 0. The maximum Gasteiger partial charge on any atom is 0.119 e. The summed E-state index contributed by atoms with van der Waals surface area (Å²) in [6.07, 6.45) is 12.7. The molecule has 0 bridgehead atoms. The number of nitrogen functional groups attached to an aromatic ring is 1. The van der Waals surface area contributed by atoms with Crippen LogP contribution in [-0.4, -0.2) is 67.9 Å². The zero-order chi connectivity index (χ0) is 57.2. The lowest BCUT2D eigenvalue weighted by Gasteiger charge is -2.17. The van der Waals surface area contributed by atoms with Crippen molar-refractivity contribution < 1.29 is 4.74 Å². The molecule has 0 unspecified atom stereocenters. The zero-order valence-corrected chi connectivity index (χ0v) is 48.0. The zero-order valence-electron chi connectivity index (χ0n) is 48.0. The van der Waals surface area contributed by atoms with Gasteiger partial charge in [0.25, 0.3) is 0 Å². The first-order valence-corrected chi connectivity index (χ1v) is 28.6. The molecule has 0 radical (unpaired) electrons. The molecule has 0 saturated carbocycles. The quantitative estimate of drug-likeness (QED) is 0.0321. The topological polar surface area (TPSA) is 195 Å². The molecule has 12 nitrogen and oxygen atoms in total. The van der Waals surface area contributed by atoms with E-state index < -0.39 is 0 Å². The summed E-state index contributed by atoms with van der Waals surface area (Å²) < 4.78 is 5.80. The number of aromatic nitrogens is 3. The summed E-state index contributed by atoms with van der Waals surface area (Å²) in [5, 5.41) is 20.5. The Morgan fingerprint density at radius 1 is 0.537 bits per heavy atom. The third kappa shape index (κ3) is 13.6. The molecule has 14 N–H and O–H groups in total. The molecular formula is C70H79N11O. The van der Waals surface area contributed by atoms with E-state index in [2.05, 4.69) is 201 Å². The molecule has 420 valence electrons. The molecular weight excluding hydrogens is 1010 g/mol. The van der Waals surface area contributed by atoms with Crippen molar-refractivity contribution in [2.45, 2.75) is 40.5 Å². The van der Waals surface area contributed by atoms with Crippen molar-refractivity contribution in [3.63, 3.8) is 0 Å². The summed E-state index contributed by atoms with van der Waals surface area (Å²) in [6.45, 7) is 13.5. The number of ether oxygens (including phenoxy) is 1. The van der Waals surface area contributed by atoms with E-state index in [4.69, 9.17) is 21.9 Å². The van der Waals surface area contributed by atoms with Crippen molar-refractivity contribution in [3.05, 3.63) is 239 Å². The predicted octanol–water partition coefficient (Wildman–Crippen LogP) is 14.9. The van der Waals surface area contributed by atoms with Crippen molar-refractivity contribution in [3.8, 4) is 5.75 Å². The number of aryl methyl sites for hydroxylation is 2. The van der Waals surface area contributed by atoms with Gasteiger partial charge in [-0.1, -0.05) is 140 Å². The minimum absolute atomic E-state index is 0.628. The molecule has 0 atom stereocenters. The fourth-order valence-electron chi connectivity index (χ4n) is 10.5. The third-order valence-electron chi connectivity index (χ3n) is 14.5. The lowest BCUT2D eigenvalue weighted by Crippen LogP contribution is -2.13. The Morgan fingerprint density at radius 3 is 1.50 bits per heavy atom. The molecule has 7 aromatic carbocycles. The maximum atomic E-state index is 5.92. The van der Waals surface area contributed by atoms with Crippen LogP contribution in [-0.2, 0) is 6.42 Å². The fraction of sp³-hybridized carbons (Fsp3) is 0.200. The van der Waals surface area contributed by atoms with Gasteiger partial charge in [0.2, 0.25) is 0 Å². The molecule has 0 fully saturated rings. The van der Waals surface area contributed by atoms with Gasteiger partial charge in [0, 0.05) is 106 Å². The number of allylic oxidation sites excluding steroid dienone is 2. The number of nitrogens with two attached hydrogens (primary N) is 3. The number of hydrogen-bond donors (Lipinski definition) is 11. The van der Waals surface area contributed by atoms with Crippen molar-refractivity contribution in [1.82, 2.24) is 15.0 Å². The highest BCUT2D eigenvalue weighted by atomic mass is 16.5. The van der Waals surface area contributed by atoms with Gasteiger partial charge in [-0.3, -0.25) is 0 Å². The van der Waals surface area contributed by atoms with Crippen molar-refractivity contribution in [2.24, 2.45) is 11.5 Å². The Hall–Kier alpha value is -9.36. The van der Waals surface area contributed by atoms with Crippen LogP contribution in [0.4, 0.5) is 34.5 Å². The van der Waals surface area contributed by atoms with Gasteiger partial charge in [0.1, 0.15) is 23.2 Å². The van der Waals surface area contributed by atoms with E-state index in [-0.39, 0.29) is 0 Å².